The lowest BCUT2D eigenvalue weighted by Gasteiger charge is -2.35. The van der Waals surface area contributed by atoms with Crippen LogP contribution < -0.4 is 20.3 Å². The van der Waals surface area contributed by atoms with E-state index >= 15 is 0 Å². The third kappa shape index (κ3) is 5.63. The number of methoxy groups -OCH3 is 1. The fourth-order valence-corrected chi connectivity index (χ4v) is 2.84. The molecule has 2 rings (SSSR count). The largest absolute Gasteiger partial charge is 0.497 e. The Hall–Kier alpha value is -2.28. The molecule has 1 aromatic rings. The number of hydrogen-bond donors (Lipinski definition) is 2. The third-order valence-electron chi connectivity index (χ3n) is 4.30. The number of hydrogen-bond acceptors (Lipinski definition) is 5. The number of amides is 2. The van der Waals surface area contributed by atoms with Gasteiger partial charge in [-0.05, 0) is 38.1 Å². The zero-order valence-corrected chi connectivity index (χ0v) is 15.2. The Morgan fingerprint density at radius 1 is 1.16 bits per heavy atom. The van der Waals surface area contributed by atoms with Gasteiger partial charge in [-0.3, -0.25) is 14.5 Å². The smallest absolute Gasteiger partial charge is 0.242 e. The molecule has 25 heavy (non-hydrogen) atoms. The number of nitrogens with one attached hydrogen (secondary N) is 2. The van der Waals surface area contributed by atoms with Gasteiger partial charge in [0.25, 0.3) is 0 Å². The molecule has 0 aromatic heterocycles. The predicted octanol–water partition coefficient (Wildman–Crippen LogP) is 0.458. The highest BCUT2D eigenvalue weighted by atomic mass is 16.5. The van der Waals surface area contributed by atoms with E-state index < -0.39 is 6.04 Å². The van der Waals surface area contributed by atoms with Crippen LogP contribution in [0.15, 0.2) is 24.3 Å². The minimum Gasteiger partial charge on any atom is -0.497 e. The maximum absolute atomic E-state index is 12.1. The number of piperazine rings is 1. The highest BCUT2D eigenvalue weighted by molar-refractivity contribution is 5.87. The molecule has 138 valence electrons. The van der Waals surface area contributed by atoms with Crippen molar-refractivity contribution in [3.63, 3.8) is 0 Å². The van der Waals surface area contributed by atoms with Crippen LogP contribution in [0.2, 0.25) is 0 Å². The van der Waals surface area contributed by atoms with E-state index in [1.54, 1.807) is 14.0 Å². The van der Waals surface area contributed by atoms with Crippen molar-refractivity contribution in [2.24, 2.45) is 0 Å². The first kappa shape index (κ1) is 19.1. The second-order valence-corrected chi connectivity index (χ2v) is 6.15. The van der Waals surface area contributed by atoms with Gasteiger partial charge in [0.1, 0.15) is 11.8 Å². The fourth-order valence-electron chi connectivity index (χ4n) is 2.84. The molecule has 7 heteroatoms. The molecule has 0 unspecified atom stereocenters. The van der Waals surface area contributed by atoms with Gasteiger partial charge in [0, 0.05) is 38.4 Å². The number of ether oxygens (including phenoxy) is 1. The molecule has 2 N–H and O–H groups in total. The van der Waals surface area contributed by atoms with E-state index in [-0.39, 0.29) is 11.8 Å². The summed E-state index contributed by atoms with van der Waals surface area (Å²) in [6.45, 7) is 7.80. The maximum Gasteiger partial charge on any atom is 0.242 e. The van der Waals surface area contributed by atoms with Crippen LogP contribution in [0.4, 0.5) is 5.69 Å². The Morgan fingerprint density at radius 3 is 2.36 bits per heavy atom. The molecule has 0 aliphatic carbocycles. The van der Waals surface area contributed by atoms with E-state index in [0.29, 0.717) is 13.1 Å². The highest BCUT2D eigenvalue weighted by Crippen LogP contribution is 2.20. The molecule has 1 aliphatic rings. The van der Waals surface area contributed by atoms with E-state index in [1.807, 2.05) is 19.1 Å². The van der Waals surface area contributed by atoms with Crippen molar-refractivity contribution in [2.75, 3.05) is 51.3 Å². The normalized spacial score (nSPS) is 16.2. The van der Waals surface area contributed by atoms with Gasteiger partial charge in [0.05, 0.1) is 13.7 Å². The quantitative estimate of drug-likeness (QED) is 0.749. The van der Waals surface area contributed by atoms with Crippen LogP contribution in [0.1, 0.15) is 13.8 Å². The van der Waals surface area contributed by atoms with Crippen LogP contribution in [0.3, 0.4) is 0 Å². The Labute approximate surface area is 149 Å². The summed E-state index contributed by atoms with van der Waals surface area (Å²) in [7, 11) is 1.66. The van der Waals surface area contributed by atoms with E-state index in [1.165, 1.54) is 0 Å². The monoisotopic (exact) mass is 348 g/mol. The number of likely N-dealkylation sites (N-methyl/N-ethyl adjacent to an activating group) is 1. The number of carbonyl (C=O) groups excluding carboxylic acids is 2. The summed E-state index contributed by atoms with van der Waals surface area (Å²) >= 11 is 0. The minimum absolute atomic E-state index is 0.114. The maximum atomic E-state index is 12.1. The first-order chi connectivity index (χ1) is 12.0. The molecule has 0 radical (unpaired) electrons. The highest BCUT2D eigenvalue weighted by Gasteiger charge is 2.21. The summed E-state index contributed by atoms with van der Waals surface area (Å²) in [6, 6.07) is 7.51. The van der Waals surface area contributed by atoms with Crippen molar-refractivity contribution in [1.29, 1.82) is 0 Å². The van der Waals surface area contributed by atoms with E-state index in [4.69, 9.17) is 4.74 Å². The molecular formula is C18H28N4O3. The standard InChI is InChI=1S/C18H28N4O3/c1-4-19-18(24)14(2)20-17(23)13-21-9-11-22(12-10-21)15-5-7-16(25-3)8-6-15/h5-8,14H,4,9-13H2,1-3H3,(H,19,24)(H,20,23)/t14-/m1/s1. The number of carbonyl (C=O) groups is 2. The molecule has 1 aliphatic heterocycles. The van der Waals surface area contributed by atoms with Gasteiger partial charge < -0.3 is 20.3 Å². The van der Waals surface area contributed by atoms with Gasteiger partial charge in [0.2, 0.25) is 11.8 Å². The second-order valence-electron chi connectivity index (χ2n) is 6.15. The Bertz CT molecular complexity index is 568. The zero-order valence-electron chi connectivity index (χ0n) is 15.2. The first-order valence-electron chi connectivity index (χ1n) is 8.72. The molecule has 0 bridgehead atoms. The minimum atomic E-state index is -0.506. The van der Waals surface area contributed by atoms with Crippen LogP contribution in [0, 0.1) is 0 Å². The molecule has 7 nitrogen and oxygen atoms in total. The van der Waals surface area contributed by atoms with E-state index in [9.17, 15) is 9.59 Å². The number of anilines is 1. The van der Waals surface area contributed by atoms with Crippen molar-refractivity contribution in [3.8, 4) is 5.75 Å². The number of nitrogens with zero attached hydrogens (tertiary/aromatic N) is 2. The van der Waals surface area contributed by atoms with Crippen molar-refractivity contribution in [2.45, 2.75) is 19.9 Å². The van der Waals surface area contributed by atoms with Crippen LogP contribution in [-0.2, 0) is 9.59 Å². The molecule has 1 heterocycles. The van der Waals surface area contributed by atoms with Gasteiger partial charge in [-0.25, -0.2) is 0 Å². The van der Waals surface area contributed by atoms with Crippen molar-refractivity contribution in [3.05, 3.63) is 24.3 Å². The van der Waals surface area contributed by atoms with Gasteiger partial charge in [-0.1, -0.05) is 0 Å². The molecule has 1 saturated heterocycles. The van der Waals surface area contributed by atoms with Gasteiger partial charge in [-0.15, -0.1) is 0 Å². The lowest BCUT2D eigenvalue weighted by Crippen LogP contribution is -2.52. The number of rotatable bonds is 7. The topological polar surface area (TPSA) is 73.9 Å². The summed E-state index contributed by atoms with van der Waals surface area (Å²) in [5, 5.41) is 5.45. The van der Waals surface area contributed by atoms with Crippen LogP contribution in [-0.4, -0.2) is 69.1 Å². The van der Waals surface area contributed by atoms with Gasteiger partial charge >= 0.3 is 0 Å². The predicted molar refractivity (Wildman–Crippen MR) is 97.9 cm³/mol. The van der Waals surface area contributed by atoms with Gasteiger partial charge in [0.15, 0.2) is 0 Å². The molecule has 2 amide bonds. The Morgan fingerprint density at radius 2 is 1.80 bits per heavy atom. The molecular weight excluding hydrogens is 320 g/mol. The van der Waals surface area contributed by atoms with Crippen molar-refractivity contribution in [1.82, 2.24) is 15.5 Å². The molecule has 0 saturated carbocycles. The van der Waals surface area contributed by atoms with Crippen LogP contribution >= 0.6 is 0 Å². The lowest BCUT2D eigenvalue weighted by molar-refractivity contribution is -0.129. The van der Waals surface area contributed by atoms with Crippen LogP contribution in [0.5, 0.6) is 5.75 Å². The fraction of sp³-hybridized carbons (Fsp3) is 0.556. The SMILES string of the molecule is CCNC(=O)[C@@H](C)NC(=O)CN1CCN(c2ccc(OC)cc2)CC1. The van der Waals surface area contributed by atoms with E-state index in [0.717, 1.165) is 37.6 Å². The zero-order chi connectivity index (χ0) is 18.2. The lowest BCUT2D eigenvalue weighted by atomic mass is 10.2. The summed E-state index contributed by atoms with van der Waals surface area (Å²) in [6.07, 6.45) is 0. The molecule has 1 fully saturated rings. The van der Waals surface area contributed by atoms with Crippen molar-refractivity contribution < 1.29 is 14.3 Å². The Balaban J connectivity index is 1.76. The Kier molecular flexibility index (Phi) is 7.06. The first-order valence-corrected chi connectivity index (χ1v) is 8.72. The summed E-state index contributed by atoms with van der Waals surface area (Å²) in [5.41, 5.74) is 1.16. The molecule has 1 aromatic carbocycles. The second kappa shape index (κ2) is 9.27. The molecule has 0 spiro atoms. The van der Waals surface area contributed by atoms with Crippen LogP contribution in [0.25, 0.3) is 0 Å². The van der Waals surface area contributed by atoms with Gasteiger partial charge in [-0.2, -0.15) is 0 Å². The summed E-state index contributed by atoms with van der Waals surface area (Å²) in [4.78, 5) is 28.2. The van der Waals surface area contributed by atoms with E-state index in [2.05, 4.69) is 32.6 Å². The number of benzene rings is 1. The van der Waals surface area contributed by atoms with Crippen molar-refractivity contribution >= 4 is 17.5 Å². The third-order valence-corrected chi connectivity index (χ3v) is 4.30. The summed E-state index contributed by atoms with van der Waals surface area (Å²) < 4.78 is 5.18. The molecule has 1 atom stereocenters. The summed E-state index contributed by atoms with van der Waals surface area (Å²) in [5.74, 6) is 0.581. The average molecular weight is 348 g/mol. The average Bonchev–Trinajstić information content (AvgIpc) is 2.62.